The molecule has 13 heteroatoms. The quantitative estimate of drug-likeness (QED) is 0.118. The smallest absolute Gasteiger partial charge is 0.872 e. The number of ketones is 2. The van der Waals surface area contributed by atoms with E-state index < -0.39 is 47.9 Å². The van der Waals surface area contributed by atoms with Crippen LogP contribution >= 0.6 is 0 Å². The first kappa shape index (κ1) is 29.4. The van der Waals surface area contributed by atoms with E-state index in [0.29, 0.717) is 0 Å². The van der Waals surface area contributed by atoms with Crippen molar-refractivity contribution in [3.05, 3.63) is 23.7 Å². The van der Waals surface area contributed by atoms with Crippen molar-refractivity contribution in [2.75, 3.05) is 13.2 Å². The van der Waals surface area contributed by atoms with Crippen LogP contribution in [0.15, 0.2) is 23.7 Å². The largest absolute Gasteiger partial charge is 2.00 e. The molecule has 0 saturated heterocycles. The van der Waals surface area contributed by atoms with Gasteiger partial charge in [0, 0.05) is 0 Å². The molecule has 0 saturated carbocycles. The minimum Gasteiger partial charge on any atom is -0.872 e. The molecule has 0 amide bonds. The van der Waals surface area contributed by atoms with Crippen molar-refractivity contribution in [2.24, 2.45) is 0 Å². The van der Waals surface area contributed by atoms with Crippen molar-refractivity contribution in [3.8, 4) is 0 Å². The van der Waals surface area contributed by atoms with Gasteiger partial charge in [-0.2, -0.15) is 0 Å². The van der Waals surface area contributed by atoms with Gasteiger partial charge in [0.05, 0.1) is 13.2 Å². The topological polar surface area (TPSA) is 133 Å². The van der Waals surface area contributed by atoms with Crippen LogP contribution in [0.4, 0.5) is 17.6 Å². The minimum absolute atomic E-state index is 0. The van der Waals surface area contributed by atoms with Crippen LogP contribution in [0, 0.1) is 0 Å². The summed E-state index contributed by atoms with van der Waals surface area (Å²) in [7, 11) is 0. The van der Waals surface area contributed by atoms with Crippen LogP contribution in [0.3, 0.4) is 0 Å². The van der Waals surface area contributed by atoms with E-state index in [4.69, 9.17) is 0 Å². The van der Waals surface area contributed by atoms with Crippen LogP contribution in [-0.2, 0) is 45.7 Å². The summed E-state index contributed by atoms with van der Waals surface area (Å²) < 4.78 is 54.5. The fraction of sp³-hybridized carbons (Fsp3) is 0.429. The summed E-state index contributed by atoms with van der Waals surface area (Å²) in [5, 5.41) is 20.5. The molecule has 0 fully saturated rings. The van der Waals surface area contributed by atoms with Gasteiger partial charge in [0.25, 0.3) is 11.6 Å². The summed E-state index contributed by atoms with van der Waals surface area (Å²) in [5.74, 6) is -8.75. The van der Waals surface area contributed by atoms with E-state index in [1.54, 1.807) is 0 Å². The van der Waals surface area contributed by atoms with Crippen LogP contribution in [0.2, 0.25) is 0 Å². The summed E-state index contributed by atoms with van der Waals surface area (Å²) in [4.78, 5) is 42.1. The average Bonchev–Trinajstić information content (AvgIpc) is 2.55. The van der Waals surface area contributed by atoms with E-state index in [0.717, 1.165) is 0 Å². The normalized spacial score (nSPS) is 11.1. The summed E-state index contributed by atoms with van der Waals surface area (Å²) in [6.07, 6.45) is -6.50. The number of halogens is 4. The Morgan fingerprint density at radius 3 is 1.22 bits per heavy atom. The van der Waals surface area contributed by atoms with Gasteiger partial charge < -0.3 is 19.7 Å². The van der Waals surface area contributed by atoms with Crippen LogP contribution in [0.5, 0.6) is 0 Å². The van der Waals surface area contributed by atoms with Gasteiger partial charge in [-0.25, -0.2) is 27.2 Å². The molecule has 0 N–H and O–H groups in total. The van der Waals surface area contributed by atoms with E-state index in [-0.39, 0.29) is 42.4 Å². The summed E-state index contributed by atoms with van der Waals surface area (Å²) >= 11 is 0. The number of esters is 2. The number of carbonyl (C=O) groups is 4. The van der Waals surface area contributed by atoms with Crippen molar-refractivity contribution < 1.29 is 73.5 Å². The fourth-order valence-electron chi connectivity index (χ4n) is 0.907. The predicted molar refractivity (Wildman–Crippen MR) is 71.5 cm³/mol. The first-order valence-electron chi connectivity index (χ1n) is 6.73. The molecule has 0 aliphatic carbocycles. The number of carbonyl (C=O) groups excluding carboxylic acids is 4. The number of hydrogen-bond donors (Lipinski definition) is 0. The maximum Gasteiger partial charge on any atom is 2.00 e. The molecule has 157 valence electrons. The molecule has 0 aliphatic rings. The second-order valence-corrected chi connectivity index (χ2v) is 3.86. The Kier molecular flexibility index (Phi) is 17.2. The molecule has 0 aliphatic heterocycles. The standard InChI is InChI=1S/2C7H8F2O4.Cu/c2*1-2-13-7(12)5(11)3-4(10)6(8)9;/h2*3,6,10H,2H2,1H3;/q;;+2/p-2. The molecule has 27 heavy (non-hydrogen) atoms. The molecule has 0 atom stereocenters. The van der Waals surface area contributed by atoms with Gasteiger partial charge >= 0.3 is 29.0 Å². The summed E-state index contributed by atoms with van der Waals surface area (Å²) in [6, 6.07) is 0. The SMILES string of the molecule is CCOC(=O)C(=O)C=C([O-])C(F)F.CCOC(=O)C(=O)C=C([O-])C(F)F.[Cu+2]. The van der Waals surface area contributed by atoms with E-state index in [2.05, 4.69) is 9.47 Å². The second kappa shape index (κ2) is 15.8. The molecule has 1 radical (unpaired) electrons. The number of rotatable bonds is 8. The van der Waals surface area contributed by atoms with Crippen LogP contribution in [-0.4, -0.2) is 49.6 Å². The van der Waals surface area contributed by atoms with E-state index in [9.17, 15) is 47.0 Å². The summed E-state index contributed by atoms with van der Waals surface area (Å²) in [6.45, 7) is 2.78. The fourth-order valence-corrected chi connectivity index (χ4v) is 0.907. The van der Waals surface area contributed by atoms with Gasteiger partial charge in [-0.3, -0.25) is 9.59 Å². The van der Waals surface area contributed by atoms with Crippen molar-refractivity contribution in [1.29, 1.82) is 0 Å². The van der Waals surface area contributed by atoms with Crippen LogP contribution in [0.1, 0.15) is 13.8 Å². The Labute approximate surface area is 161 Å². The maximum atomic E-state index is 11.6. The predicted octanol–water partition coefficient (Wildman–Crippen LogP) is -0.747. The van der Waals surface area contributed by atoms with Crippen molar-refractivity contribution in [3.63, 3.8) is 0 Å². The third kappa shape index (κ3) is 14.5. The van der Waals surface area contributed by atoms with E-state index >= 15 is 0 Å². The van der Waals surface area contributed by atoms with Crippen molar-refractivity contribution >= 4 is 23.5 Å². The van der Waals surface area contributed by atoms with Crippen molar-refractivity contribution in [1.82, 2.24) is 0 Å². The molecule has 0 heterocycles. The van der Waals surface area contributed by atoms with E-state index in [1.807, 2.05) is 0 Å². The zero-order valence-corrected chi connectivity index (χ0v) is 14.7. The molecule has 0 aromatic carbocycles. The van der Waals surface area contributed by atoms with Gasteiger partial charge in [-0.05, 0) is 26.0 Å². The zero-order chi connectivity index (χ0) is 20.9. The average molecular weight is 450 g/mol. The van der Waals surface area contributed by atoms with Gasteiger partial charge in [-0.15, -0.1) is 0 Å². The number of hydrogen-bond acceptors (Lipinski definition) is 8. The van der Waals surface area contributed by atoms with Gasteiger partial charge in [-0.1, -0.05) is 11.5 Å². The summed E-state index contributed by atoms with van der Waals surface area (Å²) in [5.41, 5.74) is 0. The van der Waals surface area contributed by atoms with Gasteiger partial charge in [0.1, 0.15) is 0 Å². The molecule has 0 bridgehead atoms. The monoisotopic (exact) mass is 449 g/mol. The molecule has 0 aromatic rings. The van der Waals surface area contributed by atoms with Gasteiger partial charge in [0.15, 0.2) is 0 Å². The number of ether oxygens (including phenoxy) is 2. The maximum absolute atomic E-state index is 11.6. The zero-order valence-electron chi connectivity index (χ0n) is 13.8. The molecule has 0 rings (SSSR count). The molecule has 8 nitrogen and oxygen atoms in total. The Balaban J connectivity index is -0.000000411. The Bertz CT molecular complexity index is 525. The number of alkyl halides is 4. The Morgan fingerprint density at radius 1 is 0.778 bits per heavy atom. The van der Waals surface area contributed by atoms with Crippen LogP contribution in [0.25, 0.3) is 0 Å². The molecular weight excluding hydrogens is 436 g/mol. The van der Waals surface area contributed by atoms with Crippen LogP contribution < -0.4 is 10.2 Å². The molecule has 0 unspecified atom stereocenters. The van der Waals surface area contributed by atoms with E-state index in [1.165, 1.54) is 13.8 Å². The van der Waals surface area contributed by atoms with Crippen molar-refractivity contribution in [2.45, 2.75) is 26.7 Å². The molecule has 0 spiro atoms. The number of allylic oxidation sites excluding steroid dienone is 2. The van der Waals surface area contributed by atoms with Gasteiger partial charge in [0.2, 0.25) is 12.9 Å². The molecule has 0 aromatic heterocycles. The Hall–Kier alpha value is -2.40. The third-order valence-corrected chi connectivity index (χ3v) is 1.93. The second-order valence-electron chi connectivity index (χ2n) is 3.86. The first-order chi connectivity index (χ1) is 12.0. The Morgan fingerprint density at radius 2 is 1.04 bits per heavy atom. The minimum atomic E-state index is -3.28. The first-order valence-corrected chi connectivity index (χ1v) is 6.73. The molecular formula is C14H14CuF4O8. The third-order valence-electron chi connectivity index (χ3n) is 1.93.